The zero-order chi connectivity index (χ0) is 12.3. The predicted molar refractivity (Wildman–Crippen MR) is 66.1 cm³/mol. The quantitative estimate of drug-likeness (QED) is 0.611. The van der Waals surface area contributed by atoms with Crippen molar-refractivity contribution in [2.24, 2.45) is 5.84 Å². The molecule has 0 saturated carbocycles. The number of nitrogen functional groups attached to an aromatic ring is 1. The smallest absolute Gasteiger partial charge is 0.164 e. The lowest BCUT2D eigenvalue weighted by atomic mass is 10.3. The average molecular weight is 232 g/mol. The molecule has 0 aliphatic heterocycles. The Morgan fingerprint density at radius 1 is 1.35 bits per heavy atom. The van der Waals surface area contributed by atoms with Crippen molar-refractivity contribution in [1.29, 1.82) is 0 Å². The number of rotatable bonds is 4. The van der Waals surface area contributed by atoms with E-state index in [9.17, 15) is 0 Å². The van der Waals surface area contributed by atoms with Gasteiger partial charge in [-0.3, -0.25) is 4.68 Å². The minimum absolute atomic E-state index is 0.621. The third-order valence-corrected chi connectivity index (χ3v) is 2.50. The van der Waals surface area contributed by atoms with Crippen LogP contribution in [-0.4, -0.2) is 19.7 Å². The Labute approximate surface area is 99.9 Å². The summed E-state index contributed by atoms with van der Waals surface area (Å²) < 4.78 is 1.84. The van der Waals surface area contributed by atoms with Gasteiger partial charge in [0.2, 0.25) is 0 Å². The van der Waals surface area contributed by atoms with E-state index < -0.39 is 0 Å². The van der Waals surface area contributed by atoms with E-state index in [0.29, 0.717) is 11.6 Å². The van der Waals surface area contributed by atoms with Crippen LogP contribution in [0.2, 0.25) is 0 Å². The van der Waals surface area contributed by atoms with Crippen molar-refractivity contribution in [3.63, 3.8) is 0 Å². The van der Waals surface area contributed by atoms with E-state index in [0.717, 1.165) is 24.2 Å². The first-order valence-electron chi connectivity index (χ1n) is 5.64. The monoisotopic (exact) mass is 232 g/mol. The molecule has 0 aromatic carbocycles. The molecule has 0 saturated heterocycles. The molecule has 0 aliphatic rings. The Morgan fingerprint density at radius 2 is 2.18 bits per heavy atom. The molecule has 2 heterocycles. The SMILES string of the molecule is CCc1cc(NN)nc(-c2cnn(CC)c2)n1. The lowest BCUT2D eigenvalue weighted by Crippen LogP contribution is -2.10. The molecule has 2 rings (SSSR count). The number of nitrogens with one attached hydrogen (secondary N) is 1. The summed E-state index contributed by atoms with van der Waals surface area (Å²) in [5, 5.41) is 4.21. The van der Waals surface area contributed by atoms with E-state index in [-0.39, 0.29) is 0 Å². The molecule has 0 fully saturated rings. The number of nitrogens with zero attached hydrogens (tertiary/aromatic N) is 4. The van der Waals surface area contributed by atoms with Gasteiger partial charge >= 0.3 is 0 Å². The minimum atomic E-state index is 0.621. The number of aryl methyl sites for hydroxylation is 2. The van der Waals surface area contributed by atoms with Gasteiger partial charge in [-0.2, -0.15) is 5.10 Å². The summed E-state index contributed by atoms with van der Waals surface area (Å²) in [6, 6.07) is 1.84. The largest absolute Gasteiger partial charge is 0.308 e. The number of anilines is 1. The van der Waals surface area contributed by atoms with Crippen LogP contribution in [0.15, 0.2) is 18.5 Å². The van der Waals surface area contributed by atoms with Gasteiger partial charge in [-0.1, -0.05) is 6.92 Å². The summed E-state index contributed by atoms with van der Waals surface area (Å²) in [5.41, 5.74) is 4.41. The van der Waals surface area contributed by atoms with E-state index in [4.69, 9.17) is 5.84 Å². The van der Waals surface area contributed by atoms with Crippen LogP contribution < -0.4 is 11.3 Å². The van der Waals surface area contributed by atoms with E-state index in [1.54, 1.807) is 6.20 Å². The number of hydrogen-bond donors (Lipinski definition) is 2. The Kier molecular flexibility index (Phi) is 3.34. The predicted octanol–water partition coefficient (Wildman–Crippen LogP) is 1.21. The van der Waals surface area contributed by atoms with Crippen molar-refractivity contribution >= 4 is 5.82 Å². The zero-order valence-corrected chi connectivity index (χ0v) is 10.0. The molecule has 0 aliphatic carbocycles. The van der Waals surface area contributed by atoms with Gasteiger partial charge in [0.25, 0.3) is 0 Å². The summed E-state index contributed by atoms with van der Waals surface area (Å²) in [5.74, 6) is 6.66. The zero-order valence-electron chi connectivity index (χ0n) is 10.0. The Morgan fingerprint density at radius 3 is 2.76 bits per heavy atom. The van der Waals surface area contributed by atoms with Crippen LogP contribution in [0.5, 0.6) is 0 Å². The van der Waals surface area contributed by atoms with Crippen LogP contribution >= 0.6 is 0 Å². The lowest BCUT2D eigenvalue weighted by Gasteiger charge is -2.04. The van der Waals surface area contributed by atoms with Gasteiger partial charge in [-0.15, -0.1) is 0 Å². The first-order valence-corrected chi connectivity index (χ1v) is 5.64. The third-order valence-electron chi connectivity index (χ3n) is 2.50. The summed E-state index contributed by atoms with van der Waals surface area (Å²) in [6.07, 6.45) is 4.53. The maximum Gasteiger partial charge on any atom is 0.164 e. The van der Waals surface area contributed by atoms with E-state index >= 15 is 0 Å². The summed E-state index contributed by atoms with van der Waals surface area (Å²) in [7, 11) is 0. The highest BCUT2D eigenvalue weighted by molar-refractivity contribution is 5.55. The maximum atomic E-state index is 5.39. The van der Waals surface area contributed by atoms with Gasteiger partial charge in [0.1, 0.15) is 5.82 Å². The molecule has 0 unspecified atom stereocenters. The molecule has 6 nitrogen and oxygen atoms in total. The van der Waals surface area contributed by atoms with Crippen LogP contribution in [0.1, 0.15) is 19.5 Å². The summed E-state index contributed by atoms with van der Waals surface area (Å²) >= 11 is 0. The van der Waals surface area contributed by atoms with E-state index in [2.05, 4.69) is 20.5 Å². The maximum absolute atomic E-state index is 5.39. The second-order valence-corrected chi connectivity index (χ2v) is 3.65. The first-order chi connectivity index (χ1) is 8.26. The highest BCUT2D eigenvalue weighted by Gasteiger charge is 2.07. The van der Waals surface area contributed by atoms with Gasteiger partial charge < -0.3 is 5.43 Å². The molecule has 90 valence electrons. The van der Waals surface area contributed by atoms with Crippen molar-refractivity contribution in [2.45, 2.75) is 26.8 Å². The molecule has 17 heavy (non-hydrogen) atoms. The van der Waals surface area contributed by atoms with Crippen LogP contribution in [0, 0.1) is 0 Å². The topological polar surface area (TPSA) is 81.6 Å². The number of aromatic nitrogens is 4. The second kappa shape index (κ2) is 4.92. The fourth-order valence-corrected chi connectivity index (χ4v) is 1.53. The van der Waals surface area contributed by atoms with Gasteiger partial charge in [0, 0.05) is 24.5 Å². The van der Waals surface area contributed by atoms with Crippen LogP contribution in [0.25, 0.3) is 11.4 Å². The molecule has 0 radical (unpaired) electrons. The van der Waals surface area contributed by atoms with Crippen LogP contribution in [-0.2, 0) is 13.0 Å². The average Bonchev–Trinajstić information content (AvgIpc) is 2.86. The van der Waals surface area contributed by atoms with Gasteiger partial charge in [-0.25, -0.2) is 15.8 Å². The van der Waals surface area contributed by atoms with Gasteiger partial charge in [0.05, 0.1) is 11.8 Å². The van der Waals surface area contributed by atoms with Crippen LogP contribution in [0.4, 0.5) is 5.82 Å². The molecule has 2 aromatic rings. The molecule has 0 atom stereocenters. The van der Waals surface area contributed by atoms with Gasteiger partial charge in [0.15, 0.2) is 5.82 Å². The van der Waals surface area contributed by atoms with Crippen molar-refractivity contribution in [3.05, 3.63) is 24.2 Å². The third kappa shape index (κ3) is 2.42. The normalized spacial score (nSPS) is 10.5. The fourth-order valence-electron chi connectivity index (χ4n) is 1.53. The van der Waals surface area contributed by atoms with Crippen molar-refractivity contribution < 1.29 is 0 Å². The van der Waals surface area contributed by atoms with Crippen molar-refractivity contribution in [3.8, 4) is 11.4 Å². The minimum Gasteiger partial charge on any atom is -0.308 e. The highest BCUT2D eigenvalue weighted by Crippen LogP contribution is 2.17. The molecular formula is C11H16N6. The van der Waals surface area contributed by atoms with Crippen LogP contribution in [0.3, 0.4) is 0 Å². The summed E-state index contributed by atoms with van der Waals surface area (Å²) in [6.45, 7) is 4.91. The highest BCUT2D eigenvalue weighted by atomic mass is 15.3. The lowest BCUT2D eigenvalue weighted by molar-refractivity contribution is 0.660. The van der Waals surface area contributed by atoms with Crippen molar-refractivity contribution in [1.82, 2.24) is 19.7 Å². The molecule has 6 heteroatoms. The fraction of sp³-hybridized carbons (Fsp3) is 0.364. The molecule has 0 spiro atoms. The summed E-state index contributed by atoms with van der Waals surface area (Å²) in [4.78, 5) is 8.77. The molecule has 3 N–H and O–H groups in total. The molecule has 0 amide bonds. The van der Waals surface area contributed by atoms with Crippen molar-refractivity contribution in [2.75, 3.05) is 5.43 Å². The number of nitrogens with two attached hydrogens (primary N) is 1. The Bertz CT molecular complexity index is 482. The van der Waals surface area contributed by atoms with Gasteiger partial charge in [-0.05, 0) is 13.3 Å². The Balaban J connectivity index is 2.43. The first kappa shape index (κ1) is 11.5. The second-order valence-electron chi connectivity index (χ2n) is 3.65. The molecular weight excluding hydrogens is 216 g/mol. The molecule has 2 aromatic heterocycles. The standard InChI is InChI=1S/C11H16N6/c1-3-9-5-10(16-12)15-11(14-9)8-6-13-17(4-2)7-8/h5-7H,3-4,12H2,1-2H3,(H,14,15,16). The van der Waals surface area contributed by atoms with E-state index in [1.807, 2.05) is 30.8 Å². The Hall–Kier alpha value is -1.95. The molecule has 0 bridgehead atoms. The van der Waals surface area contributed by atoms with E-state index in [1.165, 1.54) is 0 Å². The number of hydrazine groups is 1. The number of hydrogen-bond acceptors (Lipinski definition) is 5.